The number of carbonyl (C=O) groups excluding carboxylic acids is 1. The first-order chi connectivity index (χ1) is 20.5. The fourth-order valence-electron chi connectivity index (χ4n) is 6.13. The number of ether oxygens (including phenoxy) is 2. The lowest BCUT2D eigenvalue weighted by atomic mass is 9.90. The van der Waals surface area contributed by atoms with E-state index in [-0.39, 0.29) is 29.7 Å². The molecule has 12 nitrogen and oxygen atoms in total. The molecule has 5 rings (SSSR count). The number of sulfone groups is 1. The van der Waals surface area contributed by atoms with Gasteiger partial charge in [-0.2, -0.15) is 5.10 Å². The summed E-state index contributed by atoms with van der Waals surface area (Å²) in [6.45, 7) is 6.92. The minimum absolute atomic E-state index is 0.0163. The molecule has 43 heavy (non-hydrogen) atoms. The third-order valence-corrected chi connectivity index (χ3v) is 10.1. The first-order valence-electron chi connectivity index (χ1n) is 14.3. The molecule has 2 aliphatic rings. The van der Waals surface area contributed by atoms with Crippen LogP contribution in [-0.4, -0.2) is 86.1 Å². The molecule has 232 valence electrons. The number of aryl methyl sites for hydroxylation is 1. The van der Waals surface area contributed by atoms with Crippen molar-refractivity contribution in [3.63, 3.8) is 0 Å². The van der Waals surface area contributed by atoms with Crippen molar-refractivity contribution in [2.24, 2.45) is 0 Å². The second kappa shape index (κ2) is 12.4. The molecule has 2 saturated heterocycles. The molecule has 0 saturated carbocycles. The summed E-state index contributed by atoms with van der Waals surface area (Å²) in [5, 5.41) is 15.5. The number of anilines is 1. The van der Waals surface area contributed by atoms with Crippen LogP contribution in [0.2, 0.25) is 0 Å². The number of esters is 1. The molecule has 0 spiro atoms. The highest BCUT2D eigenvalue weighted by molar-refractivity contribution is 7.91. The van der Waals surface area contributed by atoms with Crippen LogP contribution >= 0.6 is 0 Å². The van der Waals surface area contributed by atoms with E-state index in [4.69, 9.17) is 13.9 Å². The fourth-order valence-corrected chi connectivity index (χ4v) is 7.82. The molecule has 13 heteroatoms. The van der Waals surface area contributed by atoms with Crippen LogP contribution in [0, 0.1) is 13.8 Å². The Bertz CT molecular complexity index is 1640. The molecule has 0 bridgehead atoms. The number of methoxy groups -OCH3 is 2. The van der Waals surface area contributed by atoms with E-state index in [0.717, 1.165) is 37.6 Å². The van der Waals surface area contributed by atoms with Gasteiger partial charge in [0.05, 0.1) is 56.3 Å². The van der Waals surface area contributed by atoms with Gasteiger partial charge in [0.2, 0.25) is 11.2 Å². The molecule has 0 unspecified atom stereocenters. The van der Waals surface area contributed by atoms with Crippen LogP contribution in [0.25, 0.3) is 0 Å². The topological polar surface area (TPSA) is 144 Å². The van der Waals surface area contributed by atoms with Gasteiger partial charge < -0.3 is 23.9 Å². The minimum Gasteiger partial charge on any atom is -0.502 e. The summed E-state index contributed by atoms with van der Waals surface area (Å²) in [4.78, 5) is 30.0. The zero-order valence-corrected chi connectivity index (χ0v) is 25.7. The number of hydrogen-bond acceptors (Lipinski definition) is 11. The van der Waals surface area contributed by atoms with Crippen molar-refractivity contribution in [3.8, 4) is 11.5 Å². The Kier molecular flexibility index (Phi) is 8.84. The van der Waals surface area contributed by atoms with Gasteiger partial charge in [-0.3, -0.25) is 19.2 Å². The van der Waals surface area contributed by atoms with Crippen LogP contribution in [0.1, 0.15) is 53.3 Å². The molecule has 0 aliphatic carbocycles. The quantitative estimate of drug-likeness (QED) is 0.355. The van der Waals surface area contributed by atoms with Crippen molar-refractivity contribution in [1.29, 1.82) is 0 Å². The summed E-state index contributed by atoms with van der Waals surface area (Å²) in [5.41, 5.74) is 2.30. The predicted octanol–water partition coefficient (Wildman–Crippen LogP) is 2.54. The SMILES string of the molecule is COC(=O)C[C@@H](c1oc(CN2CCN(c3ccc(OC)cc3)CC2)cc(=O)c1O)c1c(C)nn([C@H]2CCS(=O)(=O)C2)c1C. The van der Waals surface area contributed by atoms with Crippen molar-refractivity contribution in [2.75, 3.05) is 56.8 Å². The third-order valence-electron chi connectivity index (χ3n) is 8.39. The molecule has 0 amide bonds. The van der Waals surface area contributed by atoms with Crippen LogP contribution < -0.4 is 15.1 Å². The van der Waals surface area contributed by atoms with Crippen molar-refractivity contribution in [3.05, 3.63) is 69.0 Å². The van der Waals surface area contributed by atoms with E-state index < -0.39 is 32.9 Å². The van der Waals surface area contributed by atoms with Gasteiger partial charge in [-0.05, 0) is 44.5 Å². The molecule has 2 aromatic heterocycles. The number of rotatable bonds is 9. The van der Waals surface area contributed by atoms with Crippen molar-refractivity contribution >= 4 is 21.5 Å². The summed E-state index contributed by atoms with van der Waals surface area (Å²) >= 11 is 0. The standard InChI is InChI=1S/C30H38N4O8S/c1-19-28(20(2)34(31-19)22-9-14-43(38,39)18-22)25(16-27(36)41-4)30-29(37)26(35)15-24(42-30)17-32-10-12-33(13-11-32)21-5-7-23(40-3)8-6-21/h5-8,15,22,25,37H,9-14,16-18H2,1-4H3/t22-,25+/m0/s1. The number of aromatic nitrogens is 2. The molecule has 0 radical (unpaired) electrons. The van der Waals surface area contributed by atoms with E-state index in [1.54, 1.807) is 25.6 Å². The maximum Gasteiger partial charge on any atom is 0.306 e. The number of hydrogen-bond donors (Lipinski definition) is 1. The van der Waals surface area contributed by atoms with Gasteiger partial charge >= 0.3 is 5.97 Å². The molecule has 1 aromatic carbocycles. The number of benzene rings is 1. The zero-order valence-electron chi connectivity index (χ0n) is 24.9. The van der Waals surface area contributed by atoms with Gasteiger partial charge in [0.1, 0.15) is 11.5 Å². The Morgan fingerprint density at radius 3 is 2.44 bits per heavy atom. The zero-order chi connectivity index (χ0) is 30.9. The van der Waals surface area contributed by atoms with Crippen molar-refractivity contribution in [2.45, 2.75) is 45.2 Å². The second-order valence-corrected chi connectivity index (χ2v) is 13.4. The highest BCUT2D eigenvalue weighted by Gasteiger charge is 2.35. The molecule has 2 atom stereocenters. The van der Waals surface area contributed by atoms with Gasteiger partial charge in [-0.1, -0.05) is 0 Å². The Morgan fingerprint density at radius 1 is 1.14 bits per heavy atom. The lowest BCUT2D eigenvalue weighted by molar-refractivity contribution is -0.140. The number of piperazine rings is 1. The van der Waals surface area contributed by atoms with E-state index in [0.29, 0.717) is 35.7 Å². The molecule has 4 heterocycles. The highest BCUT2D eigenvalue weighted by Crippen LogP contribution is 2.38. The van der Waals surface area contributed by atoms with E-state index in [2.05, 4.69) is 14.9 Å². The van der Waals surface area contributed by atoms with Crippen LogP contribution in [0.4, 0.5) is 5.69 Å². The van der Waals surface area contributed by atoms with Gasteiger partial charge in [-0.25, -0.2) is 8.42 Å². The predicted molar refractivity (Wildman–Crippen MR) is 160 cm³/mol. The van der Waals surface area contributed by atoms with Crippen LogP contribution in [0.3, 0.4) is 0 Å². The average molecular weight is 615 g/mol. The number of carbonyl (C=O) groups is 1. The smallest absolute Gasteiger partial charge is 0.306 e. The maximum absolute atomic E-state index is 13.0. The lowest BCUT2D eigenvalue weighted by Gasteiger charge is -2.36. The molecule has 3 aromatic rings. The Labute approximate surface area is 250 Å². The van der Waals surface area contributed by atoms with E-state index >= 15 is 0 Å². The first kappa shape index (κ1) is 30.6. The van der Waals surface area contributed by atoms with Gasteiger partial charge in [0.25, 0.3) is 0 Å². The monoisotopic (exact) mass is 614 g/mol. The van der Waals surface area contributed by atoms with E-state index in [9.17, 15) is 23.1 Å². The Hall–Kier alpha value is -3.84. The number of aromatic hydroxyl groups is 1. The maximum atomic E-state index is 13.0. The Morgan fingerprint density at radius 2 is 1.84 bits per heavy atom. The molecular weight excluding hydrogens is 576 g/mol. The summed E-state index contributed by atoms with van der Waals surface area (Å²) in [5.74, 6) is -0.779. The van der Waals surface area contributed by atoms with E-state index in [1.807, 2.05) is 24.3 Å². The lowest BCUT2D eigenvalue weighted by Crippen LogP contribution is -2.46. The summed E-state index contributed by atoms with van der Waals surface area (Å²) in [6.07, 6.45) is 0.236. The van der Waals surface area contributed by atoms with Crippen molar-refractivity contribution in [1.82, 2.24) is 14.7 Å². The summed E-state index contributed by atoms with van der Waals surface area (Å²) < 4.78 is 42.4. The van der Waals surface area contributed by atoms with Gasteiger partial charge in [0.15, 0.2) is 15.6 Å². The summed E-state index contributed by atoms with van der Waals surface area (Å²) in [6, 6.07) is 8.87. The first-order valence-corrected chi connectivity index (χ1v) is 16.1. The van der Waals surface area contributed by atoms with Gasteiger partial charge in [-0.15, -0.1) is 0 Å². The normalized spacial score (nSPS) is 19.3. The average Bonchev–Trinajstić information content (AvgIpc) is 3.50. The second-order valence-electron chi connectivity index (χ2n) is 11.2. The number of nitrogens with zero attached hydrogens (tertiary/aromatic N) is 4. The Balaban J connectivity index is 1.41. The van der Waals surface area contributed by atoms with Crippen LogP contribution in [0.15, 0.2) is 39.5 Å². The van der Waals surface area contributed by atoms with Crippen LogP contribution in [0.5, 0.6) is 11.5 Å². The van der Waals surface area contributed by atoms with Gasteiger partial charge in [0, 0.05) is 49.2 Å². The fraction of sp³-hybridized carbons (Fsp3) is 0.500. The van der Waals surface area contributed by atoms with E-state index in [1.165, 1.54) is 13.2 Å². The van der Waals surface area contributed by atoms with Crippen LogP contribution in [-0.2, 0) is 25.9 Å². The largest absolute Gasteiger partial charge is 0.502 e. The third kappa shape index (κ3) is 6.57. The highest BCUT2D eigenvalue weighted by atomic mass is 32.2. The molecule has 1 N–H and O–H groups in total. The van der Waals surface area contributed by atoms with Crippen molar-refractivity contribution < 1.29 is 32.2 Å². The molecular formula is C30H38N4O8S. The molecule has 2 fully saturated rings. The minimum atomic E-state index is -3.16. The summed E-state index contributed by atoms with van der Waals surface area (Å²) in [7, 11) is -0.256. The molecule has 2 aliphatic heterocycles.